The van der Waals surface area contributed by atoms with Crippen molar-refractivity contribution in [3.05, 3.63) is 70.1 Å². The van der Waals surface area contributed by atoms with Crippen LogP contribution in [-0.4, -0.2) is 23.9 Å². The summed E-state index contributed by atoms with van der Waals surface area (Å²) in [4.78, 5) is 11.6. The van der Waals surface area contributed by atoms with Gasteiger partial charge in [-0.1, -0.05) is 36.4 Å². The van der Waals surface area contributed by atoms with Crippen LogP contribution >= 0.6 is 11.3 Å². The van der Waals surface area contributed by atoms with Crippen LogP contribution in [0.15, 0.2) is 59.6 Å². The molecule has 2 atom stereocenters. The fourth-order valence-corrected chi connectivity index (χ4v) is 3.37. The first-order valence-electron chi connectivity index (χ1n) is 8.45. The van der Waals surface area contributed by atoms with Gasteiger partial charge in [-0.15, -0.1) is 11.3 Å². The maximum Gasteiger partial charge on any atom is 0.422 e. The third kappa shape index (κ3) is 5.34. The number of aliphatic hydroxyl groups is 1. The number of carbonyl (C=O) groups is 1. The van der Waals surface area contributed by atoms with Gasteiger partial charge in [0.05, 0.1) is 6.61 Å². The molecule has 1 heterocycles. The standard InChI is InChI=1S/C19H21F3N2O3S/c1-2-27-16(25)11-14(24-17(23)13-7-4-3-5-8-13)12-18(26,19(20,21)22)15-9-6-10-28-15/h3-11,17,24,26H,2,12,23H2,1H3/b14-11+/t17-,18+/m0/s1. The maximum atomic E-state index is 13.7. The van der Waals surface area contributed by atoms with Crippen molar-refractivity contribution in [2.24, 2.45) is 5.73 Å². The number of esters is 1. The summed E-state index contributed by atoms with van der Waals surface area (Å²) in [5, 5.41) is 14.6. The molecule has 2 rings (SSSR count). The summed E-state index contributed by atoms with van der Waals surface area (Å²) in [5.74, 6) is -0.832. The Morgan fingerprint density at radius 2 is 1.96 bits per heavy atom. The first kappa shape index (κ1) is 21.9. The van der Waals surface area contributed by atoms with E-state index in [0.29, 0.717) is 5.56 Å². The lowest BCUT2D eigenvalue weighted by molar-refractivity contribution is -0.265. The normalized spacial score (nSPS) is 15.6. The lowest BCUT2D eigenvalue weighted by Crippen LogP contribution is -2.44. The average molecular weight is 414 g/mol. The van der Waals surface area contributed by atoms with Crippen molar-refractivity contribution < 1.29 is 27.8 Å². The lowest BCUT2D eigenvalue weighted by atomic mass is 9.94. The van der Waals surface area contributed by atoms with Crippen LogP contribution in [0.4, 0.5) is 13.2 Å². The van der Waals surface area contributed by atoms with E-state index < -0.39 is 30.3 Å². The van der Waals surface area contributed by atoms with Crippen LogP contribution in [0.2, 0.25) is 0 Å². The van der Waals surface area contributed by atoms with Crippen LogP contribution in [0.25, 0.3) is 0 Å². The van der Waals surface area contributed by atoms with Crippen molar-refractivity contribution in [3.63, 3.8) is 0 Å². The molecule has 0 saturated carbocycles. The van der Waals surface area contributed by atoms with Crippen molar-refractivity contribution in [3.8, 4) is 0 Å². The van der Waals surface area contributed by atoms with Gasteiger partial charge in [-0.2, -0.15) is 13.2 Å². The number of hydrogen-bond donors (Lipinski definition) is 3. The minimum absolute atomic E-state index is 0.0574. The van der Waals surface area contributed by atoms with Crippen LogP contribution in [0, 0.1) is 0 Å². The minimum Gasteiger partial charge on any atom is -0.463 e. The Morgan fingerprint density at radius 1 is 1.29 bits per heavy atom. The predicted molar refractivity (Wildman–Crippen MR) is 100 cm³/mol. The Balaban J connectivity index is 2.36. The number of nitrogens with one attached hydrogen (secondary N) is 1. The van der Waals surface area contributed by atoms with Gasteiger partial charge in [-0.25, -0.2) is 4.79 Å². The second-order valence-electron chi connectivity index (χ2n) is 5.97. The zero-order chi connectivity index (χ0) is 20.8. The molecule has 2 aromatic rings. The van der Waals surface area contributed by atoms with Gasteiger partial charge < -0.3 is 20.9 Å². The number of thiophene rings is 1. The first-order valence-corrected chi connectivity index (χ1v) is 9.33. The monoisotopic (exact) mass is 414 g/mol. The lowest BCUT2D eigenvalue weighted by Gasteiger charge is -2.31. The van der Waals surface area contributed by atoms with E-state index in [9.17, 15) is 23.1 Å². The van der Waals surface area contributed by atoms with E-state index in [1.807, 2.05) is 0 Å². The molecule has 5 nitrogen and oxygen atoms in total. The number of ether oxygens (including phenoxy) is 1. The molecule has 1 aromatic carbocycles. The number of rotatable bonds is 8. The van der Waals surface area contributed by atoms with E-state index in [-0.39, 0.29) is 17.2 Å². The summed E-state index contributed by atoms with van der Waals surface area (Å²) in [5.41, 5.74) is 3.26. The average Bonchev–Trinajstić information content (AvgIpc) is 3.16. The molecular formula is C19H21F3N2O3S. The number of hydrogen-bond acceptors (Lipinski definition) is 6. The predicted octanol–water partition coefficient (Wildman–Crippen LogP) is 3.58. The number of carbonyl (C=O) groups excluding carboxylic acids is 1. The largest absolute Gasteiger partial charge is 0.463 e. The van der Waals surface area contributed by atoms with Gasteiger partial charge >= 0.3 is 12.1 Å². The highest BCUT2D eigenvalue weighted by Gasteiger charge is 2.56. The molecule has 0 saturated heterocycles. The quantitative estimate of drug-likeness (QED) is 0.349. The molecule has 0 radical (unpaired) electrons. The fraction of sp³-hybridized carbons (Fsp3) is 0.316. The summed E-state index contributed by atoms with van der Waals surface area (Å²) < 4.78 is 46.0. The summed E-state index contributed by atoms with van der Waals surface area (Å²) in [6.45, 7) is 1.63. The minimum atomic E-state index is -4.97. The fourth-order valence-electron chi connectivity index (χ4n) is 2.53. The molecule has 0 fully saturated rings. The molecule has 4 N–H and O–H groups in total. The van der Waals surface area contributed by atoms with E-state index in [1.165, 1.54) is 17.5 Å². The van der Waals surface area contributed by atoms with Crippen molar-refractivity contribution >= 4 is 17.3 Å². The van der Waals surface area contributed by atoms with Crippen LogP contribution in [0.5, 0.6) is 0 Å². The number of alkyl halides is 3. The smallest absolute Gasteiger partial charge is 0.422 e. The molecule has 0 bridgehead atoms. The highest BCUT2D eigenvalue weighted by atomic mass is 32.1. The van der Waals surface area contributed by atoms with Gasteiger partial charge in [0.1, 0.15) is 6.17 Å². The SMILES string of the molecule is CCOC(=O)/C=C(\C[C@@](O)(c1cccs1)C(F)(F)F)N[C@H](N)c1ccccc1. The third-order valence-corrected chi connectivity index (χ3v) is 4.94. The number of benzene rings is 1. The summed E-state index contributed by atoms with van der Waals surface area (Å²) in [6.07, 6.45) is -5.89. The Hall–Kier alpha value is -2.36. The molecule has 0 spiro atoms. The number of halogens is 3. The Labute approximate surface area is 164 Å². The van der Waals surface area contributed by atoms with Gasteiger partial charge in [-0.05, 0) is 23.9 Å². The van der Waals surface area contributed by atoms with Gasteiger partial charge in [0.25, 0.3) is 0 Å². The van der Waals surface area contributed by atoms with Crippen LogP contribution in [0.1, 0.15) is 30.0 Å². The van der Waals surface area contributed by atoms with Crippen molar-refractivity contribution in [1.29, 1.82) is 0 Å². The second-order valence-corrected chi connectivity index (χ2v) is 6.91. The second kappa shape index (κ2) is 9.22. The van der Waals surface area contributed by atoms with E-state index in [2.05, 4.69) is 5.32 Å². The van der Waals surface area contributed by atoms with Gasteiger partial charge in [0.15, 0.2) is 5.60 Å². The van der Waals surface area contributed by atoms with Crippen LogP contribution in [0.3, 0.4) is 0 Å². The summed E-state index contributed by atoms with van der Waals surface area (Å²) in [7, 11) is 0. The molecule has 28 heavy (non-hydrogen) atoms. The highest BCUT2D eigenvalue weighted by Crippen LogP contribution is 2.44. The van der Waals surface area contributed by atoms with E-state index in [1.54, 1.807) is 37.3 Å². The molecule has 0 aliphatic heterocycles. The Kier molecular flexibility index (Phi) is 7.22. The van der Waals surface area contributed by atoms with E-state index in [0.717, 1.165) is 17.4 Å². The van der Waals surface area contributed by atoms with Crippen LogP contribution < -0.4 is 11.1 Å². The summed E-state index contributed by atoms with van der Waals surface area (Å²) >= 11 is 0.771. The first-order chi connectivity index (χ1) is 13.2. The molecule has 0 unspecified atom stereocenters. The molecular weight excluding hydrogens is 393 g/mol. The molecule has 0 aliphatic rings. The van der Waals surface area contributed by atoms with E-state index in [4.69, 9.17) is 10.5 Å². The van der Waals surface area contributed by atoms with Gasteiger partial charge in [0.2, 0.25) is 0 Å². The van der Waals surface area contributed by atoms with Crippen LogP contribution in [-0.2, 0) is 15.1 Å². The molecule has 152 valence electrons. The molecule has 0 aliphatic carbocycles. The van der Waals surface area contributed by atoms with Crippen molar-refractivity contribution in [2.75, 3.05) is 6.61 Å². The zero-order valence-electron chi connectivity index (χ0n) is 15.1. The van der Waals surface area contributed by atoms with Crippen molar-refractivity contribution in [2.45, 2.75) is 31.3 Å². The van der Waals surface area contributed by atoms with Crippen molar-refractivity contribution in [1.82, 2.24) is 5.32 Å². The summed E-state index contributed by atoms with van der Waals surface area (Å²) in [6, 6.07) is 11.2. The third-order valence-electron chi connectivity index (χ3n) is 3.92. The zero-order valence-corrected chi connectivity index (χ0v) is 15.9. The van der Waals surface area contributed by atoms with Gasteiger partial charge in [-0.3, -0.25) is 0 Å². The van der Waals surface area contributed by atoms with Gasteiger partial charge in [0, 0.05) is 23.1 Å². The molecule has 0 amide bonds. The molecule has 9 heteroatoms. The number of nitrogens with two attached hydrogens (primary N) is 1. The van der Waals surface area contributed by atoms with E-state index >= 15 is 0 Å². The Morgan fingerprint density at radius 3 is 2.50 bits per heavy atom. The maximum absolute atomic E-state index is 13.7. The molecule has 1 aromatic heterocycles. The highest BCUT2D eigenvalue weighted by molar-refractivity contribution is 7.10. The Bertz CT molecular complexity index is 795. The topological polar surface area (TPSA) is 84.6 Å².